The highest BCUT2D eigenvalue weighted by Crippen LogP contribution is 2.22. The second-order valence-electron chi connectivity index (χ2n) is 14.5. The van der Waals surface area contributed by atoms with Crippen molar-refractivity contribution in [1.82, 2.24) is 0 Å². The zero-order valence-corrected chi connectivity index (χ0v) is 34.1. The van der Waals surface area contributed by atoms with E-state index in [1.54, 1.807) is 121 Å². The van der Waals surface area contributed by atoms with Crippen LogP contribution in [0, 0.1) is 0 Å². The summed E-state index contributed by atoms with van der Waals surface area (Å²) in [4.78, 5) is 0. The fourth-order valence-corrected chi connectivity index (χ4v) is 14.3. The highest BCUT2D eigenvalue weighted by atomic mass is 32.2. The Hall–Kier alpha value is -4.08. The van der Waals surface area contributed by atoms with Gasteiger partial charge in [-0.2, -0.15) is 0 Å². The van der Waals surface area contributed by atoms with Crippen molar-refractivity contribution in [2.75, 3.05) is 0 Å². The van der Waals surface area contributed by atoms with E-state index >= 15 is 0 Å². The molecule has 6 heterocycles. The van der Waals surface area contributed by atoms with Crippen molar-refractivity contribution in [2.45, 2.75) is 57.5 Å². The van der Waals surface area contributed by atoms with Gasteiger partial charge in [0, 0.05) is 11.5 Å². The first-order valence-electron chi connectivity index (χ1n) is 17.3. The minimum atomic E-state index is -3.61. The highest BCUT2D eigenvalue weighted by Gasteiger charge is 2.19. The third-order valence-corrected chi connectivity index (χ3v) is 17.0. The van der Waals surface area contributed by atoms with Gasteiger partial charge in [0.05, 0.1) is 46.0 Å². The van der Waals surface area contributed by atoms with Crippen molar-refractivity contribution in [1.29, 1.82) is 0 Å². The highest BCUT2D eigenvalue weighted by molar-refractivity contribution is 7.98. The summed E-state index contributed by atoms with van der Waals surface area (Å²) >= 11 is 0. The topological polar surface area (TPSA) is 154 Å². The number of sulfone groups is 4. The number of hydrogen-bond donors (Lipinski definition) is 0. The van der Waals surface area contributed by atoms with E-state index in [0.29, 0.717) is 44.5 Å². The Bertz CT molecular complexity index is 2100. The molecule has 55 heavy (non-hydrogen) atoms. The maximum absolute atomic E-state index is 13.5. The maximum atomic E-state index is 13.5. The molecule has 6 aliphatic heterocycles. The van der Waals surface area contributed by atoms with Crippen LogP contribution in [0.2, 0.25) is 0 Å². The molecule has 0 aromatic heterocycles. The first-order valence-corrected chi connectivity index (χ1v) is 26.7. The molecule has 5 aromatic rings. The van der Waals surface area contributed by atoms with Crippen molar-refractivity contribution in [3.63, 3.8) is 0 Å². The van der Waals surface area contributed by atoms with E-state index < -0.39 is 48.9 Å². The van der Waals surface area contributed by atoms with Crippen molar-refractivity contribution >= 4 is 54.7 Å². The number of benzene rings is 5. The lowest BCUT2D eigenvalue weighted by Crippen LogP contribution is -2.10. The molecule has 0 unspecified atom stereocenters. The Morgan fingerprint density at radius 2 is 0.345 bits per heavy atom. The minimum Gasteiger partial charge on any atom is -0.267 e. The van der Waals surface area contributed by atoms with E-state index in [-0.39, 0.29) is 57.5 Å². The summed E-state index contributed by atoms with van der Waals surface area (Å²) in [6.07, 6.45) is 0. The molecular weight excluding hydrogens is 797 g/mol. The molecule has 0 N–H and O–H groups in total. The molecule has 11 rings (SSSR count). The Morgan fingerprint density at radius 1 is 0.236 bits per heavy atom. The van der Waals surface area contributed by atoms with Gasteiger partial charge in [0.1, 0.15) is 0 Å². The summed E-state index contributed by atoms with van der Waals surface area (Å²) < 4.78 is 118. The number of fused-ring (bicyclic) bond motifs is 5. The van der Waals surface area contributed by atoms with Gasteiger partial charge in [-0.15, -0.1) is 0 Å². The molecule has 9 nitrogen and oxygen atoms in total. The van der Waals surface area contributed by atoms with Crippen LogP contribution in [0.3, 0.4) is 0 Å². The minimum absolute atomic E-state index is 0.176. The average molecular weight is 839 g/mol. The molecule has 5 aromatic carbocycles. The van der Waals surface area contributed by atoms with E-state index in [1.807, 2.05) is 0 Å². The number of hydrogen-bond acceptors (Lipinski definition) is 9. The van der Waals surface area contributed by atoms with Gasteiger partial charge in [-0.3, -0.25) is 4.21 Å². The van der Waals surface area contributed by atoms with Crippen LogP contribution in [0.1, 0.15) is 55.6 Å². The molecule has 0 spiro atoms. The molecule has 10 bridgehead atoms. The van der Waals surface area contributed by atoms with Gasteiger partial charge in [0.2, 0.25) is 0 Å². The van der Waals surface area contributed by atoms with Crippen LogP contribution < -0.4 is 0 Å². The average Bonchev–Trinajstić information content (AvgIpc) is 3.07. The van der Waals surface area contributed by atoms with Crippen LogP contribution in [-0.4, -0.2) is 43.8 Å². The molecule has 14 heteroatoms. The molecule has 0 amide bonds. The molecule has 290 valence electrons. The van der Waals surface area contributed by atoms with E-state index in [4.69, 9.17) is 0 Å². The summed E-state index contributed by atoms with van der Waals surface area (Å²) in [7, 11) is -17.0. The van der Waals surface area contributed by atoms with Gasteiger partial charge in [0.25, 0.3) is 0 Å². The van der Waals surface area contributed by atoms with Crippen molar-refractivity contribution in [3.8, 4) is 0 Å². The van der Waals surface area contributed by atoms with Crippen molar-refractivity contribution in [3.05, 3.63) is 177 Å². The van der Waals surface area contributed by atoms with Gasteiger partial charge < -0.3 is 0 Å². The lowest BCUT2D eigenvalue weighted by molar-refractivity contribution is 0.592. The van der Waals surface area contributed by atoms with Crippen molar-refractivity contribution < 1.29 is 37.9 Å². The first-order chi connectivity index (χ1) is 25.8. The fourth-order valence-electron chi connectivity index (χ4n) is 6.55. The number of rotatable bonds is 0. The monoisotopic (exact) mass is 838 g/mol. The summed E-state index contributed by atoms with van der Waals surface area (Å²) in [6, 6.07) is 33.1. The van der Waals surface area contributed by atoms with Gasteiger partial charge in [-0.25, -0.2) is 33.7 Å². The predicted molar refractivity (Wildman–Crippen MR) is 220 cm³/mol. The molecule has 6 aliphatic rings. The summed E-state index contributed by atoms with van der Waals surface area (Å²) in [5.74, 6) is 2.43. The van der Waals surface area contributed by atoms with Crippen LogP contribution in [0.25, 0.3) is 0 Å². The van der Waals surface area contributed by atoms with Gasteiger partial charge in [-0.1, -0.05) is 121 Å². The molecule has 0 radical (unpaired) electrons. The molecule has 0 aliphatic carbocycles. The summed E-state index contributed by atoms with van der Waals surface area (Å²) in [6.45, 7) is 0. The first kappa shape index (κ1) is 40.6. The van der Waals surface area contributed by atoms with E-state index in [1.165, 1.54) is 0 Å². The standard InChI is InChI=1S/C41H42O9S5/c1-51(42)22-32-2-6-34(7-3-32)24-52(43,44)26-36-10-14-38(15-11-36)28-54(47,48)30-40-18-20-41(21-19-40)31-55(49,50)29-39-16-12-37(13-17-39)27-53(45,46)25-35-8-4-33(23-51)5-9-35/h2-21H,1,22-31H2. The largest absolute Gasteiger partial charge is 0.267 e. The zero-order chi connectivity index (χ0) is 39.5. The quantitative estimate of drug-likeness (QED) is 0.174. The van der Waals surface area contributed by atoms with Crippen LogP contribution in [0.15, 0.2) is 121 Å². The SMILES string of the molecule is C=S1(=O)Cc2ccc(cc2)CS(=O)(=O)Cc2ccc(cc2)CS(=O)(=O)Cc2ccc(cc2)CS(=O)(=O)Cc2ccc(cc2)CS(=O)(=O)Cc2ccc(cc2)C1. The Balaban J connectivity index is 1.22. The molecule has 0 fully saturated rings. The fraction of sp³-hybridized carbons (Fsp3) is 0.244. The molecular formula is C41H42O9S5. The lowest BCUT2D eigenvalue weighted by atomic mass is 10.2. The van der Waals surface area contributed by atoms with Crippen LogP contribution in [0.4, 0.5) is 0 Å². The van der Waals surface area contributed by atoms with Crippen LogP contribution >= 0.6 is 0 Å². The van der Waals surface area contributed by atoms with E-state index in [9.17, 15) is 37.9 Å². The third-order valence-electron chi connectivity index (χ3n) is 9.07. The summed E-state index contributed by atoms with van der Waals surface area (Å²) in [5, 5.41) is 0. The van der Waals surface area contributed by atoms with Gasteiger partial charge >= 0.3 is 0 Å². The lowest BCUT2D eigenvalue weighted by Gasteiger charge is -2.12. The Labute approximate surface area is 325 Å². The predicted octanol–water partition coefficient (Wildman–Crippen LogP) is 5.88. The second-order valence-corrected chi connectivity index (χ2v) is 25.2. The van der Waals surface area contributed by atoms with Crippen molar-refractivity contribution in [2.24, 2.45) is 0 Å². The van der Waals surface area contributed by atoms with Crippen LogP contribution in [0.5, 0.6) is 0 Å². The second kappa shape index (κ2) is 16.2. The Morgan fingerprint density at radius 3 is 0.473 bits per heavy atom. The maximum Gasteiger partial charge on any atom is 0.158 e. The zero-order valence-electron chi connectivity index (χ0n) is 30.0. The summed E-state index contributed by atoms with van der Waals surface area (Å²) in [5.41, 5.74) is 5.74. The smallest absolute Gasteiger partial charge is 0.158 e. The third kappa shape index (κ3) is 12.5. The van der Waals surface area contributed by atoms with Gasteiger partial charge in [0.15, 0.2) is 39.3 Å². The molecule has 0 atom stereocenters. The van der Waals surface area contributed by atoms with E-state index in [2.05, 4.69) is 5.87 Å². The Kier molecular flexibility index (Phi) is 11.9. The van der Waals surface area contributed by atoms with Crippen LogP contribution in [-0.2, 0) is 106 Å². The van der Waals surface area contributed by atoms with Gasteiger partial charge in [-0.05, 0) is 71.0 Å². The normalized spacial score (nSPS) is 19.6. The molecule has 0 saturated heterocycles. The van der Waals surface area contributed by atoms with E-state index in [0.717, 1.165) is 11.1 Å². The molecule has 0 saturated carbocycles.